The van der Waals surface area contributed by atoms with Crippen molar-refractivity contribution in [3.63, 3.8) is 0 Å². The van der Waals surface area contributed by atoms with Crippen LogP contribution in [0.5, 0.6) is 0 Å². The summed E-state index contributed by atoms with van der Waals surface area (Å²) >= 11 is 0. The molecular formula is C22H26O11. The number of fused-ring (bicyclic) bond motifs is 1. The van der Waals surface area contributed by atoms with Crippen LogP contribution < -0.4 is 0 Å². The van der Waals surface area contributed by atoms with E-state index in [2.05, 4.69) is 0 Å². The van der Waals surface area contributed by atoms with Gasteiger partial charge in [0.2, 0.25) is 6.29 Å². The van der Waals surface area contributed by atoms with Gasteiger partial charge in [0.25, 0.3) is 0 Å². The van der Waals surface area contributed by atoms with Gasteiger partial charge >= 0.3 is 5.97 Å². The number of aliphatic hydroxyl groups excluding tert-OH is 5. The van der Waals surface area contributed by atoms with Crippen LogP contribution in [-0.4, -0.2) is 98.5 Å². The minimum absolute atomic E-state index is 0.288. The second-order valence-corrected chi connectivity index (χ2v) is 8.13. The van der Waals surface area contributed by atoms with Gasteiger partial charge in [-0.25, -0.2) is 4.79 Å². The van der Waals surface area contributed by atoms with Crippen molar-refractivity contribution < 1.29 is 54.4 Å². The van der Waals surface area contributed by atoms with Crippen LogP contribution in [0.15, 0.2) is 54.3 Å². The van der Waals surface area contributed by atoms with Crippen molar-refractivity contribution in [2.45, 2.75) is 48.7 Å². The average Bonchev–Trinajstić information content (AvgIpc) is 3.08. The molecule has 4 rings (SSSR count). The lowest BCUT2D eigenvalue weighted by molar-refractivity contribution is -0.344. The first-order valence-electron chi connectivity index (χ1n) is 10.4. The second-order valence-electron chi connectivity index (χ2n) is 8.13. The summed E-state index contributed by atoms with van der Waals surface area (Å²) in [5.41, 5.74) is -1.24. The molecular weight excluding hydrogens is 440 g/mol. The number of rotatable bonds is 6. The smallest absolute Gasteiger partial charge is 0.338 e. The summed E-state index contributed by atoms with van der Waals surface area (Å²) in [6, 6.07) is 8.26. The van der Waals surface area contributed by atoms with Crippen LogP contribution in [0.3, 0.4) is 0 Å². The summed E-state index contributed by atoms with van der Waals surface area (Å²) in [6.45, 7) is -0.938. The van der Waals surface area contributed by atoms with Crippen LogP contribution in [0.1, 0.15) is 10.4 Å². The maximum Gasteiger partial charge on any atom is 0.338 e. The van der Waals surface area contributed by atoms with E-state index in [1.54, 1.807) is 30.3 Å². The molecule has 1 saturated heterocycles. The van der Waals surface area contributed by atoms with Crippen molar-refractivity contribution in [1.82, 2.24) is 0 Å². The van der Waals surface area contributed by atoms with Crippen molar-refractivity contribution >= 4 is 5.97 Å². The van der Waals surface area contributed by atoms with Crippen molar-refractivity contribution in [2.24, 2.45) is 5.92 Å². The largest absolute Gasteiger partial charge is 0.472 e. The maximum atomic E-state index is 12.3. The third-order valence-corrected chi connectivity index (χ3v) is 6.06. The molecule has 9 unspecified atom stereocenters. The van der Waals surface area contributed by atoms with Gasteiger partial charge in [-0.3, -0.25) is 0 Å². The first kappa shape index (κ1) is 23.8. The van der Waals surface area contributed by atoms with E-state index < -0.39 is 67.2 Å². The average molecular weight is 466 g/mol. The molecule has 1 aromatic carbocycles. The van der Waals surface area contributed by atoms with Crippen LogP contribution in [0.25, 0.3) is 0 Å². The van der Waals surface area contributed by atoms with Crippen molar-refractivity contribution in [3.05, 3.63) is 59.9 Å². The Morgan fingerprint density at radius 3 is 2.45 bits per heavy atom. The van der Waals surface area contributed by atoms with Gasteiger partial charge in [0.05, 0.1) is 24.4 Å². The van der Waals surface area contributed by atoms with Crippen LogP contribution >= 0.6 is 0 Å². The number of hydrogen-bond acceptors (Lipinski definition) is 11. The lowest BCUT2D eigenvalue weighted by Crippen LogP contribution is -2.61. The lowest BCUT2D eigenvalue weighted by atomic mass is 9.83. The van der Waals surface area contributed by atoms with Crippen molar-refractivity contribution in [1.29, 1.82) is 0 Å². The van der Waals surface area contributed by atoms with Gasteiger partial charge < -0.3 is 49.6 Å². The quantitative estimate of drug-likeness (QED) is 0.206. The Bertz CT molecular complexity index is 901. The van der Waals surface area contributed by atoms with E-state index in [1.807, 2.05) is 0 Å². The lowest BCUT2D eigenvalue weighted by Gasteiger charge is -2.44. The number of carbonyl (C=O) groups is 1. The Morgan fingerprint density at radius 1 is 1.03 bits per heavy atom. The zero-order valence-electron chi connectivity index (χ0n) is 17.4. The molecule has 0 amide bonds. The molecule has 6 N–H and O–H groups in total. The molecule has 1 aliphatic carbocycles. The van der Waals surface area contributed by atoms with E-state index in [9.17, 15) is 35.4 Å². The van der Waals surface area contributed by atoms with Crippen LogP contribution in [0.4, 0.5) is 0 Å². The zero-order valence-corrected chi connectivity index (χ0v) is 17.4. The molecule has 0 bridgehead atoms. The van der Waals surface area contributed by atoms with Crippen LogP contribution in [0.2, 0.25) is 0 Å². The standard InChI is InChI=1S/C22H26O11/c23-9-13-16(25)17(26)18(27)21(32-13)33-20-15-12(8-14(24)22(15,29)6-7-30-20)10-31-19(28)11-4-2-1-3-5-11/h1-8,13-18,20-21,23-27,29H,9-10H2. The summed E-state index contributed by atoms with van der Waals surface area (Å²) < 4.78 is 21.8. The normalized spacial score (nSPS) is 40.0. The summed E-state index contributed by atoms with van der Waals surface area (Å²) in [4.78, 5) is 12.3. The highest BCUT2D eigenvalue weighted by atomic mass is 16.8. The highest BCUT2D eigenvalue weighted by molar-refractivity contribution is 5.89. The topological polar surface area (TPSA) is 175 Å². The zero-order chi connectivity index (χ0) is 23.8. The number of aliphatic hydroxyl groups is 6. The fourth-order valence-electron chi connectivity index (χ4n) is 4.19. The molecule has 180 valence electrons. The molecule has 0 saturated carbocycles. The van der Waals surface area contributed by atoms with Gasteiger partial charge in [-0.1, -0.05) is 18.2 Å². The first-order chi connectivity index (χ1) is 15.8. The van der Waals surface area contributed by atoms with E-state index in [0.717, 1.165) is 6.26 Å². The SMILES string of the molecule is O=C(OCC1=CC(O)C2(O)C=COC(OC3OC(CO)C(O)C(O)C3O)C12)c1ccccc1. The molecule has 3 aliphatic rings. The molecule has 11 nitrogen and oxygen atoms in total. The molecule has 0 aromatic heterocycles. The van der Waals surface area contributed by atoms with Gasteiger partial charge in [-0.2, -0.15) is 0 Å². The Kier molecular flexibility index (Phi) is 6.84. The van der Waals surface area contributed by atoms with E-state index in [1.165, 1.54) is 12.2 Å². The predicted octanol–water partition coefficient (Wildman–Crippen LogP) is -1.82. The van der Waals surface area contributed by atoms with Gasteiger partial charge in [-0.15, -0.1) is 0 Å². The van der Waals surface area contributed by atoms with Gasteiger partial charge in [0.1, 0.15) is 42.7 Å². The van der Waals surface area contributed by atoms with Crippen molar-refractivity contribution in [3.8, 4) is 0 Å². The fraction of sp³-hybridized carbons (Fsp3) is 0.500. The Labute approximate surface area is 188 Å². The molecule has 9 atom stereocenters. The second kappa shape index (κ2) is 9.49. The maximum absolute atomic E-state index is 12.3. The first-order valence-corrected chi connectivity index (χ1v) is 10.4. The van der Waals surface area contributed by atoms with Crippen LogP contribution in [-0.2, 0) is 18.9 Å². The molecule has 11 heteroatoms. The van der Waals surface area contributed by atoms with Gasteiger partial charge in [0.15, 0.2) is 6.29 Å². The van der Waals surface area contributed by atoms with Crippen molar-refractivity contribution in [2.75, 3.05) is 13.2 Å². The summed E-state index contributed by atoms with van der Waals surface area (Å²) in [7, 11) is 0. The highest BCUT2D eigenvalue weighted by Gasteiger charge is 2.56. The third-order valence-electron chi connectivity index (χ3n) is 6.06. The summed E-state index contributed by atoms with van der Waals surface area (Å²) in [6.07, 6.45) is -6.71. The number of ether oxygens (including phenoxy) is 4. The summed E-state index contributed by atoms with van der Waals surface area (Å²) in [5.74, 6) is -1.67. The molecule has 1 aromatic rings. The molecule has 2 aliphatic heterocycles. The predicted molar refractivity (Wildman–Crippen MR) is 108 cm³/mol. The minimum atomic E-state index is -1.86. The highest BCUT2D eigenvalue weighted by Crippen LogP contribution is 2.44. The molecule has 0 radical (unpaired) electrons. The van der Waals surface area contributed by atoms with E-state index >= 15 is 0 Å². The number of esters is 1. The monoisotopic (exact) mass is 466 g/mol. The molecule has 33 heavy (non-hydrogen) atoms. The number of carbonyl (C=O) groups excluding carboxylic acids is 1. The number of hydrogen-bond donors (Lipinski definition) is 6. The van der Waals surface area contributed by atoms with E-state index in [-0.39, 0.29) is 6.61 Å². The third kappa shape index (κ3) is 4.42. The van der Waals surface area contributed by atoms with E-state index in [4.69, 9.17) is 18.9 Å². The fourth-order valence-corrected chi connectivity index (χ4v) is 4.19. The van der Waals surface area contributed by atoms with Crippen LogP contribution in [0, 0.1) is 5.92 Å². The Balaban J connectivity index is 1.50. The molecule has 1 fully saturated rings. The molecule has 0 spiro atoms. The Morgan fingerprint density at radius 2 is 1.76 bits per heavy atom. The summed E-state index contributed by atoms with van der Waals surface area (Å²) in [5, 5.41) is 61.1. The van der Waals surface area contributed by atoms with Gasteiger partial charge in [-0.05, 0) is 29.9 Å². The minimum Gasteiger partial charge on any atom is -0.472 e. The van der Waals surface area contributed by atoms with Gasteiger partial charge in [0, 0.05) is 0 Å². The van der Waals surface area contributed by atoms with E-state index in [0.29, 0.717) is 11.1 Å². The Hall–Kier alpha value is -2.35. The number of benzene rings is 1. The molecule has 2 heterocycles.